The molecule has 0 aromatic heterocycles. The number of rotatable bonds is 2. The summed E-state index contributed by atoms with van der Waals surface area (Å²) in [5.74, 6) is -1.24. The van der Waals surface area contributed by atoms with E-state index in [1.54, 1.807) is 6.07 Å². The molecule has 0 aliphatic carbocycles. The van der Waals surface area contributed by atoms with Crippen LogP contribution >= 0.6 is 15.9 Å². The molecular formula is C16H14BrFO2. The molecule has 0 N–H and O–H groups in total. The Bertz CT molecular complexity index is 680. The van der Waals surface area contributed by atoms with Gasteiger partial charge in [0.2, 0.25) is 0 Å². The fourth-order valence-electron chi connectivity index (χ4n) is 2.06. The molecule has 0 amide bonds. The minimum absolute atomic E-state index is 0.0530. The summed E-state index contributed by atoms with van der Waals surface area (Å²) in [6.45, 7) is 3.99. The molecule has 0 spiro atoms. The number of methoxy groups -OCH3 is 1. The maximum Gasteiger partial charge on any atom is 0.340 e. The lowest BCUT2D eigenvalue weighted by Gasteiger charge is -2.11. The SMILES string of the molecule is COC(=O)c1ccc(-c2ccc(Br)c(C)c2C)cc1F. The van der Waals surface area contributed by atoms with E-state index < -0.39 is 11.8 Å². The maximum atomic E-state index is 14.0. The Hall–Kier alpha value is -1.68. The first-order valence-corrected chi connectivity index (χ1v) is 6.89. The molecule has 2 nitrogen and oxygen atoms in total. The van der Waals surface area contributed by atoms with Gasteiger partial charge >= 0.3 is 5.97 Å². The van der Waals surface area contributed by atoms with E-state index in [0.717, 1.165) is 26.7 Å². The molecule has 2 aromatic rings. The Morgan fingerprint density at radius 1 is 1.15 bits per heavy atom. The highest BCUT2D eigenvalue weighted by molar-refractivity contribution is 9.10. The Kier molecular flexibility index (Phi) is 4.23. The van der Waals surface area contributed by atoms with Crippen LogP contribution in [-0.2, 0) is 4.74 Å². The van der Waals surface area contributed by atoms with Crippen molar-refractivity contribution in [3.63, 3.8) is 0 Å². The van der Waals surface area contributed by atoms with Crippen molar-refractivity contribution in [1.29, 1.82) is 0 Å². The minimum Gasteiger partial charge on any atom is -0.465 e. The molecule has 4 heteroatoms. The Balaban J connectivity index is 2.53. The second-order valence-electron chi connectivity index (χ2n) is 4.53. The third-order valence-corrected chi connectivity index (χ3v) is 4.27. The monoisotopic (exact) mass is 336 g/mol. The molecule has 0 saturated heterocycles. The van der Waals surface area contributed by atoms with Crippen molar-refractivity contribution >= 4 is 21.9 Å². The van der Waals surface area contributed by atoms with Crippen molar-refractivity contribution in [2.45, 2.75) is 13.8 Å². The van der Waals surface area contributed by atoms with Crippen LogP contribution in [0.5, 0.6) is 0 Å². The third-order valence-electron chi connectivity index (χ3n) is 3.41. The van der Waals surface area contributed by atoms with Gasteiger partial charge in [0.15, 0.2) is 0 Å². The largest absolute Gasteiger partial charge is 0.465 e. The van der Waals surface area contributed by atoms with Crippen molar-refractivity contribution < 1.29 is 13.9 Å². The van der Waals surface area contributed by atoms with Gasteiger partial charge in [-0.1, -0.05) is 28.1 Å². The van der Waals surface area contributed by atoms with E-state index in [1.807, 2.05) is 26.0 Å². The lowest BCUT2D eigenvalue weighted by atomic mass is 9.96. The zero-order chi connectivity index (χ0) is 14.9. The van der Waals surface area contributed by atoms with Gasteiger partial charge < -0.3 is 4.74 Å². The molecule has 2 rings (SSSR count). The summed E-state index contributed by atoms with van der Waals surface area (Å²) in [6.07, 6.45) is 0. The number of carbonyl (C=O) groups excluding carboxylic acids is 1. The third kappa shape index (κ3) is 2.61. The molecule has 20 heavy (non-hydrogen) atoms. The molecule has 0 fully saturated rings. The number of ether oxygens (including phenoxy) is 1. The molecule has 104 valence electrons. The predicted octanol–water partition coefficient (Wildman–Crippen LogP) is 4.66. The lowest BCUT2D eigenvalue weighted by molar-refractivity contribution is 0.0595. The van der Waals surface area contributed by atoms with Crippen molar-refractivity contribution in [3.05, 3.63) is 57.3 Å². The quantitative estimate of drug-likeness (QED) is 0.745. The van der Waals surface area contributed by atoms with Gasteiger partial charge in [0.05, 0.1) is 12.7 Å². The number of esters is 1. The average Bonchev–Trinajstić information content (AvgIpc) is 2.44. The van der Waals surface area contributed by atoms with Crippen LogP contribution in [0.15, 0.2) is 34.8 Å². The van der Waals surface area contributed by atoms with Crippen molar-refractivity contribution in [3.8, 4) is 11.1 Å². The Morgan fingerprint density at radius 2 is 1.85 bits per heavy atom. The number of hydrogen-bond donors (Lipinski definition) is 0. The lowest BCUT2D eigenvalue weighted by Crippen LogP contribution is -2.04. The Labute approximate surface area is 125 Å². The number of benzene rings is 2. The number of carbonyl (C=O) groups is 1. The fraction of sp³-hybridized carbons (Fsp3) is 0.188. The van der Waals surface area contributed by atoms with Gasteiger partial charge in [0.1, 0.15) is 5.82 Å². The van der Waals surface area contributed by atoms with Crippen LogP contribution in [0.1, 0.15) is 21.5 Å². The van der Waals surface area contributed by atoms with Crippen LogP contribution in [0, 0.1) is 19.7 Å². The standard InChI is InChI=1S/C16H14BrFO2/c1-9-10(2)14(17)7-6-12(9)11-4-5-13(15(18)8-11)16(19)20-3/h4-8H,1-3H3. The summed E-state index contributed by atoms with van der Waals surface area (Å²) in [7, 11) is 1.23. The van der Waals surface area contributed by atoms with Crippen LogP contribution < -0.4 is 0 Å². The van der Waals surface area contributed by atoms with Crippen LogP contribution in [0.2, 0.25) is 0 Å². The van der Waals surface area contributed by atoms with E-state index >= 15 is 0 Å². The van der Waals surface area contributed by atoms with Gasteiger partial charge in [-0.15, -0.1) is 0 Å². The molecule has 0 unspecified atom stereocenters. The number of halogens is 2. The van der Waals surface area contributed by atoms with Crippen LogP contribution in [-0.4, -0.2) is 13.1 Å². The van der Waals surface area contributed by atoms with Gasteiger partial charge in [-0.05, 0) is 54.3 Å². The zero-order valence-corrected chi connectivity index (χ0v) is 13.0. The predicted molar refractivity (Wildman–Crippen MR) is 80.3 cm³/mol. The topological polar surface area (TPSA) is 26.3 Å². The van der Waals surface area contributed by atoms with Gasteiger partial charge in [-0.3, -0.25) is 0 Å². The maximum absolute atomic E-state index is 14.0. The van der Waals surface area contributed by atoms with Crippen molar-refractivity contribution in [2.24, 2.45) is 0 Å². The summed E-state index contributed by atoms with van der Waals surface area (Å²) in [6, 6.07) is 8.41. The van der Waals surface area contributed by atoms with Gasteiger partial charge in [-0.2, -0.15) is 0 Å². The normalized spacial score (nSPS) is 10.4. The molecule has 0 aliphatic rings. The van der Waals surface area contributed by atoms with Gasteiger partial charge in [0, 0.05) is 4.47 Å². The van der Waals surface area contributed by atoms with Crippen LogP contribution in [0.3, 0.4) is 0 Å². The molecule has 0 heterocycles. The minimum atomic E-state index is -0.669. The van der Waals surface area contributed by atoms with Crippen LogP contribution in [0.4, 0.5) is 4.39 Å². The molecule has 0 saturated carbocycles. The first kappa shape index (κ1) is 14.7. The van der Waals surface area contributed by atoms with Gasteiger partial charge in [0.25, 0.3) is 0 Å². The fourth-order valence-corrected chi connectivity index (χ4v) is 2.49. The Morgan fingerprint density at radius 3 is 2.45 bits per heavy atom. The van der Waals surface area contributed by atoms with Crippen LogP contribution in [0.25, 0.3) is 11.1 Å². The zero-order valence-electron chi connectivity index (χ0n) is 11.5. The van der Waals surface area contributed by atoms with E-state index in [4.69, 9.17) is 0 Å². The van der Waals surface area contributed by atoms with Crippen molar-refractivity contribution in [1.82, 2.24) is 0 Å². The highest BCUT2D eigenvalue weighted by atomic mass is 79.9. The second kappa shape index (κ2) is 5.75. The van der Waals surface area contributed by atoms with E-state index in [2.05, 4.69) is 20.7 Å². The molecule has 2 aromatic carbocycles. The summed E-state index contributed by atoms with van der Waals surface area (Å²) in [4.78, 5) is 11.4. The molecular weight excluding hydrogens is 323 g/mol. The summed E-state index contributed by atoms with van der Waals surface area (Å²) in [5.41, 5.74) is 3.82. The second-order valence-corrected chi connectivity index (χ2v) is 5.39. The van der Waals surface area contributed by atoms with E-state index in [-0.39, 0.29) is 5.56 Å². The van der Waals surface area contributed by atoms with E-state index in [1.165, 1.54) is 19.2 Å². The molecule has 0 radical (unpaired) electrons. The summed E-state index contributed by atoms with van der Waals surface area (Å²) in [5, 5.41) is 0. The average molecular weight is 337 g/mol. The van der Waals surface area contributed by atoms with Crippen molar-refractivity contribution in [2.75, 3.05) is 7.11 Å². The first-order valence-electron chi connectivity index (χ1n) is 6.09. The van der Waals surface area contributed by atoms with E-state index in [9.17, 15) is 9.18 Å². The smallest absolute Gasteiger partial charge is 0.340 e. The summed E-state index contributed by atoms with van der Waals surface area (Å²) >= 11 is 3.47. The van der Waals surface area contributed by atoms with E-state index in [0.29, 0.717) is 0 Å². The first-order chi connectivity index (χ1) is 9.45. The van der Waals surface area contributed by atoms with Gasteiger partial charge in [-0.25, -0.2) is 9.18 Å². The number of hydrogen-bond acceptors (Lipinski definition) is 2. The highest BCUT2D eigenvalue weighted by Gasteiger charge is 2.14. The molecule has 0 aliphatic heterocycles. The molecule has 0 atom stereocenters. The molecule has 0 bridgehead atoms. The summed E-state index contributed by atoms with van der Waals surface area (Å²) < 4.78 is 19.5. The highest BCUT2D eigenvalue weighted by Crippen LogP contribution is 2.30.